The van der Waals surface area contributed by atoms with Gasteiger partial charge in [0.25, 0.3) is 0 Å². The van der Waals surface area contributed by atoms with E-state index in [0.717, 1.165) is 25.5 Å². The van der Waals surface area contributed by atoms with Crippen LogP contribution in [0.4, 0.5) is 11.4 Å². The Morgan fingerprint density at radius 3 is 2.36 bits per heavy atom. The predicted molar refractivity (Wildman–Crippen MR) is 139 cm³/mol. The zero-order valence-corrected chi connectivity index (χ0v) is 22.4. The number of hydrogen-bond acceptors (Lipinski definition) is 7. The van der Waals surface area contributed by atoms with Crippen molar-refractivity contribution in [3.05, 3.63) is 42.5 Å². The van der Waals surface area contributed by atoms with E-state index in [-0.39, 0.29) is 35.9 Å². The van der Waals surface area contributed by atoms with Gasteiger partial charge in [0.15, 0.2) is 0 Å². The third-order valence-corrected chi connectivity index (χ3v) is 8.99. The molecule has 1 heterocycles. The fourth-order valence-corrected chi connectivity index (χ4v) is 6.55. The van der Waals surface area contributed by atoms with Crippen molar-refractivity contribution >= 4 is 37.3 Å². The molecule has 1 fully saturated rings. The Labute approximate surface area is 213 Å². The first-order valence-corrected chi connectivity index (χ1v) is 14.9. The number of methoxy groups -OCH3 is 2. The zero-order valence-electron chi connectivity index (χ0n) is 20.8. The number of anilines is 2. The van der Waals surface area contributed by atoms with Gasteiger partial charge >= 0.3 is 0 Å². The largest absolute Gasteiger partial charge is 0.497 e. The second kappa shape index (κ2) is 11.9. The molecule has 198 valence electrons. The van der Waals surface area contributed by atoms with Crippen LogP contribution in [0.2, 0.25) is 0 Å². The summed E-state index contributed by atoms with van der Waals surface area (Å²) in [5, 5.41) is 2.71. The second-order valence-corrected chi connectivity index (χ2v) is 12.4. The van der Waals surface area contributed by atoms with Crippen molar-refractivity contribution in [1.29, 1.82) is 0 Å². The van der Waals surface area contributed by atoms with Gasteiger partial charge in [-0.2, -0.15) is 4.31 Å². The third-order valence-electron chi connectivity index (χ3n) is 5.90. The Kier molecular flexibility index (Phi) is 9.20. The summed E-state index contributed by atoms with van der Waals surface area (Å²) >= 11 is 0. The van der Waals surface area contributed by atoms with Crippen molar-refractivity contribution in [2.24, 2.45) is 0 Å². The first-order valence-electron chi connectivity index (χ1n) is 11.7. The van der Waals surface area contributed by atoms with Crippen LogP contribution in [-0.4, -0.2) is 67.2 Å². The van der Waals surface area contributed by atoms with Crippen LogP contribution in [0.1, 0.15) is 32.1 Å². The van der Waals surface area contributed by atoms with E-state index in [1.54, 1.807) is 24.3 Å². The molecule has 1 aliphatic rings. The number of carbonyl (C=O) groups is 1. The first-order chi connectivity index (χ1) is 17.1. The van der Waals surface area contributed by atoms with Gasteiger partial charge in [-0.3, -0.25) is 9.10 Å². The maximum absolute atomic E-state index is 13.0. The summed E-state index contributed by atoms with van der Waals surface area (Å²) in [6.45, 7) is 1.03. The van der Waals surface area contributed by atoms with Crippen LogP contribution >= 0.6 is 0 Å². The standard InChI is InChI=1S/C24H33N3O7S2/c1-33-20-10-7-9-19(17-20)27(35(3,29)30)16-8-11-24(28)25-22-18-21(12-13-23(22)34-2)36(31,32)26-14-5-4-6-15-26/h7,9-10,12-13,17-18H,4-6,8,11,14-16H2,1-3H3,(H,25,28). The maximum Gasteiger partial charge on any atom is 0.243 e. The summed E-state index contributed by atoms with van der Waals surface area (Å²) in [6, 6.07) is 11.1. The van der Waals surface area contributed by atoms with Crippen LogP contribution in [-0.2, 0) is 24.8 Å². The molecule has 1 aliphatic heterocycles. The lowest BCUT2D eigenvalue weighted by molar-refractivity contribution is -0.116. The molecule has 0 radical (unpaired) electrons. The Morgan fingerprint density at radius 2 is 1.72 bits per heavy atom. The quantitative estimate of drug-likeness (QED) is 0.466. The highest BCUT2D eigenvalue weighted by Crippen LogP contribution is 2.30. The van der Waals surface area contributed by atoms with Gasteiger partial charge in [-0.1, -0.05) is 12.5 Å². The van der Waals surface area contributed by atoms with Crippen LogP contribution < -0.4 is 19.1 Å². The molecule has 0 atom stereocenters. The average Bonchev–Trinajstić information content (AvgIpc) is 2.86. The molecular weight excluding hydrogens is 506 g/mol. The molecule has 10 nitrogen and oxygen atoms in total. The van der Waals surface area contributed by atoms with Crippen LogP contribution in [0, 0.1) is 0 Å². The lowest BCUT2D eigenvalue weighted by Gasteiger charge is -2.26. The molecule has 0 unspecified atom stereocenters. The van der Waals surface area contributed by atoms with E-state index in [0.29, 0.717) is 30.3 Å². The molecular formula is C24H33N3O7S2. The number of sulfonamides is 2. The molecule has 1 saturated heterocycles. The minimum Gasteiger partial charge on any atom is -0.497 e. The fraction of sp³-hybridized carbons (Fsp3) is 0.458. The van der Waals surface area contributed by atoms with Gasteiger partial charge in [-0.15, -0.1) is 0 Å². The van der Waals surface area contributed by atoms with Crippen molar-refractivity contribution in [2.45, 2.75) is 37.0 Å². The molecule has 3 rings (SSSR count). The molecule has 0 spiro atoms. The van der Waals surface area contributed by atoms with Gasteiger partial charge in [-0.25, -0.2) is 16.8 Å². The van der Waals surface area contributed by atoms with Crippen molar-refractivity contribution in [3.8, 4) is 11.5 Å². The SMILES string of the molecule is COc1cccc(N(CCCC(=O)Nc2cc(S(=O)(=O)N3CCCCC3)ccc2OC)S(C)(=O)=O)c1. The summed E-state index contributed by atoms with van der Waals surface area (Å²) in [5.74, 6) is 0.459. The third kappa shape index (κ3) is 6.89. The summed E-state index contributed by atoms with van der Waals surface area (Å²) in [6.07, 6.45) is 4.00. The van der Waals surface area contributed by atoms with Crippen molar-refractivity contribution in [3.63, 3.8) is 0 Å². The van der Waals surface area contributed by atoms with E-state index in [4.69, 9.17) is 9.47 Å². The van der Waals surface area contributed by atoms with E-state index in [1.807, 2.05) is 0 Å². The number of amides is 1. The van der Waals surface area contributed by atoms with Crippen molar-refractivity contribution < 1.29 is 31.1 Å². The van der Waals surface area contributed by atoms with Gasteiger partial charge in [0.05, 0.1) is 36.7 Å². The number of ether oxygens (including phenoxy) is 2. The number of carbonyl (C=O) groups excluding carboxylic acids is 1. The topological polar surface area (TPSA) is 122 Å². The van der Waals surface area contributed by atoms with Crippen LogP contribution in [0.25, 0.3) is 0 Å². The molecule has 0 bridgehead atoms. The first kappa shape index (κ1) is 27.8. The van der Waals surface area contributed by atoms with Crippen molar-refractivity contribution in [2.75, 3.05) is 49.7 Å². The number of piperidine rings is 1. The summed E-state index contributed by atoms with van der Waals surface area (Å²) < 4.78 is 64.0. The zero-order chi connectivity index (χ0) is 26.3. The van der Waals surface area contributed by atoms with E-state index < -0.39 is 20.0 Å². The highest BCUT2D eigenvalue weighted by Gasteiger charge is 2.27. The van der Waals surface area contributed by atoms with Gasteiger partial charge in [0, 0.05) is 32.1 Å². The summed E-state index contributed by atoms with van der Waals surface area (Å²) in [5.41, 5.74) is 0.683. The molecule has 0 saturated carbocycles. The number of nitrogens with zero attached hydrogens (tertiary/aromatic N) is 2. The van der Waals surface area contributed by atoms with Gasteiger partial charge in [0.2, 0.25) is 26.0 Å². The molecule has 2 aromatic rings. The average molecular weight is 540 g/mol. The van der Waals surface area contributed by atoms with E-state index >= 15 is 0 Å². The molecule has 12 heteroatoms. The van der Waals surface area contributed by atoms with Crippen LogP contribution in [0.3, 0.4) is 0 Å². The van der Waals surface area contributed by atoms with E-state index in [2.05, 4.69) is 5.32 Å². The Hall–Kier alpha value is -2.83. The smallest absolute Gasteiger partial charge is 0.243 e. The Bertz CT molecular complexity index is 1270. The van der Waals surface area contributed by atoms with Crippen molar-refractivity contribution in [1.82, 2.24) is 4.31 Å². The van der Waals surface area contributed by atoms with Crippen LogP contribution in [0.15, 0.2) is 47.4 Å². The number of hydrogen-bond donors (Lipinski definition) is 1. The molecule has 0 aromatic heterocycles. The highest BCUT2D eigenvalue weighted by molar-refractivity contribution is 7.92. The van der Waals surface area contributed by atoms with Crippen LogP contribution in [0.5, 0.6) is 11.5 Å². The minimum absolute atomic E-state index is 0.0161. The fourth-order valence-electron chi connectivity index (χ4n) is 4.05. The number of rotatable bonds is 11. The number of nitrogens with one attached hydrogen (secondary N) is 1. The number of benzene rings is 2. The predicted octanol–water partition coefficient (Wildman–Crippen LogP) is 3.06. The Balaban J connectivity index is 1.69. The lowest BCUT2D eigenvalue weighted by Crippen LogP contribution is -2.35. The molecule has 1 amide bonds. The molecule has 1 N–H and O–H groups in total. The maximum atomic E-state index is 13.0. The molecule has 0 aliphatic carbocycles. The summed E-state index contributed by atoms with van der Waals surface area (Å²) in [4.78, 5) is 12.8. The summed E-state index contributed by atoms with van der Waals surface area (Å²) in [7, 11) is -4.34. The van der Waals surface area contributed by atoms with E-state index in [1.165, 1.54) is 41.0 Å². The molecule has 2 aromatic carbocycles. The van der Waals surface area contributed by atoms with Gasteiger partial charge < -0.3 is 14.8 Å². The monoisotopic (exact) mass is 539 g/mol. The normalized spacial score (nSPS) is 14.8. The highest BCUT2D eigenvalue weighted by atomic mass is 32.2. The van der Waals surface area contributed by atoms with Gasteiger partial charge in [0.1, 0.15) is 11.5 Å². The minimum atomic E-state index is -3.68. The second-order valence-electron chi connectivity index (χ2n) is 8.52. The lowest BCUT2D eigenvalue weighted by atomic mass is 10.2. The molecule has 36 heavy (non-hydrogen) atoms. The van der Waals surface area contributed by atoms with Gasteiger partial charge in [-0.05, 0) is 49.6 Å². The Morgan fingerprint density at radius 1 is 1.00 bits per heavy atom. The van der Waals surface area contributed by atoms with E-state index in [9.17, 15) is 21.6 Å².